The van der Waals surface area contributed by atoms with Crippen LogP contribution in [0.4, 0.5) is 0 Å². The lowest BCUT2D eigenvalue weighted by Crippen LogP contribution is -2.22. The minimum atomic E-state index is -0.405. The summed E-state index contributed by atoms with van der Waals surface area (Å²) in [6.45, 7) is 3.55. The second kappa shape index (κ2) is 14.1. The van der Waals surface area contributed by atoms with Crippen LogP contribution in [0.3, 0.4) is 0 Å². The van der Waals surface area contributed by atoms with Crippen molar-refractivity contribution in [2.24, 2.45) is 5.92 Å². The lowest BCUT2D eigenvalue weighted by molar-refractivity contribution is -0.148. The molecule has 0 bridgehead atoms. The van der Waals surface area contributed by atoms with Gasteiger partial charge in [-0.15, -0.1) is 0 Å². The molecule has 0 fully saturated rings. The lowest BCUT2D eigenvalue weighted by Gasteiger charge is -2.20. The third kappa shape index (κ3) is 9.33. The van der Waals surface area contributed by atoms with E-state index in [2.05, 4.69) is 18.0 Å². The quantitative estimate of drug-likeness (QED) is 0.231. The molecule has 2 aromatic carbocycles. The average molecular weight is 508 g/mol. The zero-order valence-electron chi connectivity index (χ0n) is 21.9. The highest BCUT2D eigenvalue weighted by Gasteiger charge is 2.19. The Morgan fingerprint density at radius 2 is 1.86 bits per heavy atom. The highest BCUT2D eigenvalue weighted by molar-refractivity contribution is 5.79. The molecule has 7 heteroatoms. The Morgan fingerprint density at radius 1 is 1.03 bits per heavy atom. The molecule has 3 aromatic rings. The van der Waals surface area contributed by atoms with E-state index in [1.54, 1.807) is 31.4 Å². The maximum Gasteiger partial charge on any atom is 0.302 e. The molecule has 0 aliphatic rings. The number of hydrogen-bond donors (Lipinski definition) is 2. The average Bonchev–Trinajstić information content (AvgIpc) is 3.38. The van der Waals surface area contributed by atoms with Gasteiger partial charge in [0.25, 0.3) is 0 Å². The number of nitrogens with one attached hydrogen (secondary N) is 1. The number of Topliss-reactive ketones (excluding diaryl/α,β-unsaturated/α-hetero) is 1. The van der Waals surface area contributed by atoms with Gasteiger partial charge in [0.15, 0.2) is 11.5 Å². The summed E-state index contributed by atoms with van der Waals surface area (Å²) < 4.78 is 16.8. The summed E-state index contributed by atoms with van der Waals surface area (Å²) in [4.78, 5) is 27.5. The highest BCUT2D eigenvalue weighted by atomic mass is 16.5. The summed E-state index contributed by atoms with van der Waals surface area (Å²) >= 11 is 0. The summed E-state index contributed by atoms with van der Waals surface area (Å²) in [7, 11) is 1.56. The largest absolute Gasteiger partial charge is 0.508 e. The molecule has 2 unspecified atom stereocenters. The summed E-state index contributed by atoms with van der Waals surface area (Å²) in [5.74, 6) is 1.84. The standard InChI is InChI=1S/C30H37NO6/c1-4-22(16-24-14-15-31-20-24)9-12-28(36-21(2)32)19-26(34)11-8-23-10-13-29(30(17-23)35-3)37-27-7-5-6-25(33)18-27/h5-7,10,13-15,17-18,20,22,28,31,33H,4,8-9,11-12,16,19H2,1-3H3. The molecule has 1 heterocycles. The minimum absolute atomic E-state index is 0.0592. The topological polar surface area (TPSA) is 97.8 Å². The Morgan fingerprint density at radius 3 is 2.54 bits per heavy atom. The second-order valence-corrected chi connectivity index (χ2v) is 9.33. The molecule has 2 N–H and O–H groups in total. The molecule has 2 atom stereocenters. The van der Waals surface area contributed by atoms with Gasteiger partial charge in [0.2, 0.25) is 0 Å². The van der Waals surface area contributed by atoms with Crippen molar-refractivity contribution < 1.29 is 28.9 Å². The van der Waals surface area contributed by atoms with E-state index in [1.165, 1.54) is 18.6 Å². The molecule has 7 nitrogen and oxygen atoms in total. The van der Waals surface area contributed by atoms with Gasteiger partial charge in [-0.25, -0.2) is 0 Å². The SMILES string of the molecule is CCC(CCC(CC(=O)CCc1ccc(Oc2cccc(O)c2)c(OC)c1)OC(C)=O)Cc1cc[nH]c1. The molecular weight excluding hydrogens is 470 g/mol. The predicted octanol–water partition coefficient (Wildman–Crippen LogP) is 6.39. The first-order chi connectivity index (χ1) is 17.9. The van der Waals surface area contributed by atoms with Crippen LogP contribution in [0.2, 0.25) is 0 Å². The summed E-state index contributed by atoms with van der Waals surface area (Å²) in [6, 6.07) is 14.2. The Balaban J connectivity index is 1.53. The number of hydrogen-bond acceptors (Lipinski definition) is 6. The number of rotatable bonds is 15. The van der Waals surface area contributed by atoms with Crippen molar-refractivity contribution in [3.05, 3.63) is 72.1 Å². The van der Waals surface area contributed by atoms with E-state index in [9.17, 15) is 14.7 Å². The monoisotopic (exact) mass is 507 g/mol. The van der Waals surface area contributed by atoms with Gasteiger partial charge in [-0.1, -0.05) is 25.5 Å². The van der Waals surface area contributed by atoms with Crippen molar-refractivity contribution in [2.75, 3.05) is 7.11 Å². The molecule has 3 rings (SSSR count). The maximum atomic E-state index is 12.8. The maximum absolute atomic E-state index is 12.8. The van der Waals surface area contributed by atoms with Crippen molar-refractivity contribution >= 4 is 11.8 Å². The van der Waals surface area contributed by atoms with Crippen molar-refractivity contribution in [3.63, 3.8) is 0 Å². The van der Waals surface area contributed by atoms with Crippen LogP contribution in [0.15, 0.2) is 60.9 Å². The normalized spacial score (nSPS) is 12.5. The van der Waals surface area contributed by atoms with Gasteiger partial charge in [0, 0.05) is 38.2 Å². The minimum Gasteiger partial charge on any atom is -0.508 e. The summed E-state index contributed by atoms with van der Waals surface area (Å²) in [5, 5.41) is 9.65. The van der Waals surface area contributed by atoms with Crippen molar-refractivity contribution in [1.29, 1.82) is 0 Å². The first-order valence-electron chi connectivity index (χ1n) is 12.8. The number of esters is 1. The number of aryl methyl sites for hydroxylation is 1. The zero-order valence-corrected chi connectivity index (χ0v) is 21.9. The number of carbonyl (C=O) groups excluding carboxylic acids is 2. The Bertz CT molecular complexity index is 1140. The number of ketones is 1. The zero-order chi connectivity index (χ0) is 26.6. The van der Waals surface area contributed by atoms with Crippen molar-refractivity contribution in [1.82, 2.24) is 4.98 Å². The van der Waals surface area contributed by atoms with Crippen LogP contribution in [0, 0.1) is 5.92 Å². The molecule has 0 spiro atoms. The smallest absolute Gasteiger partial charge is 0.302 e. The molecule has 1 aromatic heterocycles. The molecule has 0 amide bonds. The first-order valence-corrected chi connectivity index (χ1v) is 12.8. The second-order valence-electron chi connectivity index (χ2n) is 9.33. The molecule has 37 heavy (non-hydrogen) atoms. The molecule has 0 saturated heterocycles. The first kappa shape index (κ1) is 27.8. The molecule has 0 aliphatic heterocycles. The third-order valence-corrected chi connectivity index (χ3v) is 6.41. The van der Waals surface area contributed by atoms with Crippen LogP contribution in [0.5, 0.6) is 23.0 Å². The fourth-order valence-corrected chi connectivity index (χ4v) is 4.39. The Hall–Kier alpha value is -3.74. The van der Waals surface area contributed by atoms with Crippen LogP contribution < -0.4 is 9.47 Å². The molecule has 0 aliphatic carbocycles. The lowest BCUT2D eigenvalue weighted by atomic mass is 9.91. The van der Waals surface area contributed by atoms with E-state index in [0.29, 0.717) is 42.4 Å². The number of phenols is 1. The van der Waals surface area contributed by atoms with Gasteiger partial charge in [-0.05, 0) is 73.1 Å². The Labute approximate surface area is 218 Å². The number of ether oxygens (including phenoxy) is 3. The third-order valence-electron chi connectivity index (χ3n) is 6.41. The van der Waals surface area contributed by atoms with E-state index >= 15 is 0 Å². The fraction of sp³-hybridized carbons (Fsp3) is 0.400. The number of aromatic hydroxyl groups is 1. The van der Waals surface area contributed by atoms with Crippen molar-refractivity contribution in [3.8, 4) is 23.0 Å². The van der Waals surface area contributed by atoms with Crippen LogP contribution in [-0.2, 0) is 27.2 Å². The van der Waals surface area contributed by atoms with E-state index < -0.39 is 6.10 Å². The molecule has 198 valence electrons. The number of aromatic nitrogens is 1. The molecular formula is C30H37NO6. The van der Waals surface area contributed by atoms with E-state index in [4.69, 9.17) is 14.2 Å². The number of H-pyrrole nitrogens is 1. The molecule has 0 radical (unpaired) electrons. The predicted molar refractivity (Wildman–Crippen MR) is 142 cm³/mol. The van der Waals surface area contributed by atoms with Gasteiger partial charge < -0.3 is 24.3 Å². The van der Waals surface area contributed by atoms with Crippen LogP contribution in [0.25, 0.3) is 0 Å². The van der Waals surface area contributed by atoms with E-state index in [-0.39, 0.29) is 23.9 Å². The fourth-order valence-electron chi connectivity index (χ4n) is 4.39. The van der Waals surface area contributed by atoms with Crippen LogP contribution >= 0.6 is 0 Å². The van der Waals surface area contributed by atoms with Crippen LogP contribution in [-0.4, -0.2) is 35.1 Å². The Kier molecular flexibility index (Phi) is 10.6. The van der Waals surface area contributed by atoms with Crippen LogP contribution in [0.1, 0.15) is 57.1 Å². The van der Waals surface area contributed by atoms with Gasteiger partial charge in [0.1, 0.15) is 23.4 Å². The highest BCUT2D eigenvalue weighted by Crippen LogP contribution is 2.33. The van der Waals surface area contributed by atoms with E-state index in [0.717, 1.165) is 24.8 Å². The van der Waals surface area contributed by atoms with Gasteiger partial charge >= 0.3 is 5.97 Å². The number of benzene rings is 2. The van der Waals surface area contributed by atoms with Gasteiger partial charge in [0.05, 0.1) is 7.11 Å². The summed E-state index contributed by atoms with van der Waals surface area (Å²) in [6.07, 6.45) is 8.19. The number of carbonyl (C=O) groups is 2. The van der Waals surface area contributed by atoms with Gasteiger partial charge in [-0.3, -0.25) is 9.59 Å². The van der Waals surface area contributed by atoms with E-state index in [1.807, 2.05) is 24.5 Å². The number of phenolic OH excluding ortho intramolecular Hbond substituents is 1. The van der Waals surface area contributed by atoms with Crippen molar-refractivity contribution in [2.45, 2.75) is 64.9 Å². The molecule has 0 saturated carbocycles. The number of aromatic amines is 1. The van der Waals surface area contributed by atoms with Gasteiger partial charge in [-0.2, -0.15) is 0 Å². The summed E-state index contributed by atoms with van der Waals surface area (Å²) in [5.41, 5.74) is 2.20. The number of methoxy groups -OCH3 is 1.